The first-order valence-electron chi connectivity index (χ1n) is 10.6. The van der Waals surface area contributed by atoms with Gasteiger partial charge in [-0.25, -0.2) is 0 Å². The average Bonchev–Trinajstić information content (AvgIpc) is 2.83. The lowest BCUT2D eigenvalue weighted by molar-refractivity contribution is -0.387. The molecule has 3 rings (SSSR count). The summed E-state index contributed by atoms with van der Waals surface area (Å²) >= 11 is 0. The third-order valence-corrected chi connectivity index (χ3v) is 6.10. The van der Waals surface area contributed by atoms with Gasteiger partial charge in [0, 0.05) is 0 Å². The summed E-state index contributed by atoms with van der Waals surface area (Å²) in [7, 11) is 0. The van der Waals surface area contributed by atoms with E-state index in [9.17, 15) is 56.2 Å². The average molecular weight is 504 g/mol. The summed E-state index contributed by atoms with van der Waals surface area (Å²) in [5, 5.41) is 110. The molecule has 15 atom stereocenters. The third-order valence-electron chi connectivity index (χ3n) is 6.10. The largest absolute Gasteiger partial charge is 0.394 e. The molecule has 16 heteroatoms. The van der Waals surface area contributed by atoms with Gasteiger partial charge in [-0.3, -0.25) is 0 Å². The van der Waals surface area contributed by atoms with Gasteiger partial charge < -0.3 is 79.9 Å². The molecule has 0 aromatic heterocycles. The number of aliphatic hydroxyl groups excluding tert-OH is 11. The Bertz CT molecular complexity index is 639. The predicted molar refractivity (Wildman–Crippen MR) is 101 cm³/mol. The summed E-state index contributed by atoms with van der Waals surface area (Å²) in [5.74, 6) is 0. The molecular formula is C18H32O16. The SMILES string of the molecule is OC[C@H]1OC(O)[C@H](O)[C@@H](O[C@@H]2O[C@H](CO)[C@@H](O)[C@H](O)[C@@H]2O[C@H]2O[C@H](CO)[C@@H](O)[C@H](O)[C@@H]2O)[C@H]1O. The Morgan fingerprint density at radius 2 is 0.912 bits per heavy atom. The third kappa shape index (κ3) is 5.37. The van der Waals surface area contributed by atoms with Gasteiger partial charge in [0.1, 0.15) is 73.2 Å². The zero-order chi connectivity index (χ0) is 25.3. The molecule has 11 N–H and O–H groups in total. The van der Waals surface area contributed by atoms with Gasteiger partial charge in [0.2, 0.25) is 0 Å². The van der Waals surface area contributed by atoms with Gasteiger partial charge in [0.25, 0.3) is 0 Å². The first kappa shape index (κ1) is 27.9. The van der Waals surface area contributed by atoms with E-state index in [2.05, 4.69) is 0 Å². The highest BCUT2D eigenvalue weighted by molar-refractivity contribution is 4.96. The Morgan fingerprint density at radius 1 is 0.441 bits per heavy atom. The smallest absolute Gasteiger partial charge is 0.187 e. The van der Waals surface area contributed by atoms with E-state index in [0.29, 0.717) is 0 Å². The van der Waals surface area contributed by atoms with E-state index in [1.165, 1.54) is 0 Å². The second-order valence-electron chi connectivity index (χ2n) is 8.33. The Balaban J connectivity index is 1.84. The Hall–Kier alpha value is -0.640. The van der Waals surface area contributed by atoms with E-state index in [4.69, 9.17) is 23.7 Å². The van der Waals surface area contributed by atoms with Gasteiger partial charge in [-0.05, 0) is 0 Å². The van der Waals surface area contributed by atoms with E-state index < -0.39 is 112 Å². The fourth-order valence-corrected chi connectivity index (χ4v) is 4.03. The van der Waals surface area contributed by atoms with Gasteiger partial charge in [-0.2, -0.15) is 0 Å². The maximum Gasteiger partial charge on any atom is 0.187 e. The van der Waals surface area contributed by atoms with Crippen LogP contribution in [-0.4, -0.2) is 168 Å². The number of hydrogen-bond acceptors (Lipinski definition) is 16. The van der Waals surface area contributed by atoms with E-state index in [1.807, 2.05) is 0 Å². The highest BCUT2D eigenvalue weighted by Crippen LogP contribution is 2.32. The van der Waals surface area contributed by atoms with Gasteiger partial charge in [0.05, 0.1) is 19.8 Å². The zero-order valence-electron chi connectivity index (χ0n) is 17.7. The van der Waals surface area contributed by atoms with Gasteiger partial charge in [-0.1, -0.05) is 0 Å². The van der Waals surface area contributed by atoms with Crippen molar-refractivity contribution < 1.29 is 79.9 Å². The molecule has 0 bridgehead atoms. The quantitative estimate of drug-likeness (QED) is 0.154. The van der Waals surface area contributed by atoms with Crippen LogP contribution in [0, 0.1) is 0 Å². The molecule has 0 aromatic carbocycles. The number of ether oxygens (including phenoxy) is 5. The lowest BCUT2D eigenvalue weighted by Crippen LogP contribution is -2.67. The van der Waals surface area contributed by atoms with Crippen molar-refractivity contribution in [2.24, 2.45) is 0 Å². The Morgan fingerprint density at radius 3 is 1.47 bits per heavy atom. The monoisotopic (exact) mass is 504 g/mol. The molecule has 200 valence electrons. The molecule has 3 aliphatic heterocycles. The van der Waals surface area contributed by atoms with Crippen molar-refractivity contribution in [3.8, 4) is 0 Å². The number of hydrogen-bond donors (Lipinski definition) is 11. The van der Waals surface area contributed by atoms with Crippen molar-refractivity contribution in [1.29, 1.82) is 0 Å². The highest BCUT2D eigenvalue weighted by atomic mass is 16.8. The van der Waals surface area contributed by atoms with Crippen molar-refractivity contribution in [3.63, 3.8) is 0 Å². The molecule has 1 unspecified atom stereocenters. The van der Waals surface area contributed by atoms with Crippen LogP contribution in [0.15, 0.2) is 0 Å². The molecule has 0 aliphatic carbocycles. The first-order valence-corrected chi connectivity index (χ1v) is 10.6. The molecule has 16 nitrogen and oxygen atoms in total. The van der Waals surface area contributed by atoms with Gasteiger partial charge in [0.15, 0.2) is 18.9 Å². The van der Waals surface area contributed by atoms with Crippen molar-refractivity contribution in [2.75, 3.05) is 19.8 Å². The second kappa shape index (κ2) is 11.6. The van der Waals surface area contributed by atoms with Crippen molar-refractivity contribution in [2.45, 2.75) is 92.1 Å². The van der Waals surface area contributed by atoms with E-state index in [-0.39, 0.29) is 0 Å². The van der Waals surface area contributed by atoms with Gasteiger partial charge >= 0.3 is 0 Å². The minimum atomic E-state index is -1.89. The lowest BCUT2D eigenvalue weighted by Gasteiger charge is -2.48. The molecule has 0 spiro atoms. The van der Waals surface area contributed by atoms with Crippen molar-refractivity contribution in [1.82, 2.24) is 0 Å². The van der Waals surface area contributed by atoms with E-state index in [0.717, 1.165) is 0 Å². The topological polar surface area (TPSA) is 269 Å². The van der Waals surface area contributed by atoms with Crippen molar-refractivity contribution >= 4 is 0 Å². The van der Waals surface area contributed by atoms with Crippen LogP contribution in [0.4, 0.5) is 0 Å². The van der Waals surface area contributed by atoms with E-state index in [1.54, 1.807) is 0 Å². The summed E-state index contributed by atoms with van der Waals surface area (Å²) in [6, 6.07) is 0. The molecule has 3 fully saturated rings. The van der Waals surface area contributed by atoms with Crippen LogP contribution in [0.3, 0.4) is 0 Å². The van der Waals surface area contributed by atoms with E-state index >= 15 is 0 Å². The first-order chi connectivity index (χ1) is 16.0. The minimum Gasteiger partial charge on any atom is -0.394 e. The molecule has 0 amide bonds. The van der Waals surface area contributed by atoms with Crippen LogP contribution in [0.5, 0.6) is 0 Å². The molecular weight excluding hydrogens is 472 g/mol. The van der Waals surface area contributed by atoms with Crippen LogP contribution >= 0.6 is 0 Å². The van der Waals surface area contributed by atoms with Crippen LogP contribution in [0.1, 0.15) is 0 Å². The van der Waals surface area contributed by atoms with Crippen LogP contribution in [0.25, 0.3) is 0 Å². The molecule has 3 aliphatic rings. The number of aliphatic hydroxyl groups is 11. The molecule has 0 aromatic rings. The van der Waals surface area contributed by atoms with Crippen LogP contribution < -0.4 is 0 Å². The predicted octanol–water partition coefficient (Wildman–Crippen LogP) is -7.57. The summed E-state index contributed by atoms with van der Waals surface area (Å²) in [6.07, 6.45) is -25.7. The molecule has 3 saturated heterocycles. The molecule has 0 saturated carbocycles. The fraction of sp³-hybridized carbons (Fsp3) is 1.00. The molecule has 34 heavy (non-hydrogen) atoms. The summed E-state index contributed by atoms with van der Waals surface area (Å²) in [4.78, 5) is 0. The summed E-state index contributed by atoms with van der Waals surface area (Å²) in [5.41, 5.74) is 0. The van der Waals surface area contributed by atoms with Crippen LogP contribution in [-0.2, 0) is 23.7 Å². The standard InChI is InChI=1S/C18H32O16/c19-1-4-7(22)10(25)12(27)17(31-4)34-15-11(26)8(23)5(2-20)32-18(15)33-14-9(24)6(3-21)30-16(29)13(14)28/h4-29H,1-3H2/t4-,5-,6-,7-,8-,9+,10+,11+,12+,13-,14+,15+,16?,17-,18+/m1/s1. The molecule has 0 radical (unpaired) electrons. The Labute approximate surface area is 192 Å². The highest BCUT2D eigenvalue weighted by Gasteiger charge is 2.53. The lowest BCUT2D eigenvalue weighted by atomic mass is 9.96. The van der Waals surface area contributed by atoms with Crippen molar-refractivity contribution in [3.05, 3.63) is 0 Å². The zero-order valence-corrected chi connectivity index (χ0v) is 17.7. The fourth-order valence-electron chi connectivity index (χ4n) is 4.03. The number of rotatable bonds is 7. The normalized spacial score (nSPS) is 52.5. The minimum absolute atomic E-state index is 0.762. The maximum atomic E-state index is 10.6. The second-order valence-corrected chi connectivity index (χ2v) is 8.33. The summed E-state index contributed by atoms with van der Waals surface area (Å²) < 4.78 is 26.5. The summed E-state index contributed by atoms with van der Waals surface area (Å²) in [6.45, 7) is -2.34. The molecule has 3 heterocycles. The maximum absolute atomic E-state index is 10.6. The van der Waals surface area contributed by atoms with Crippen LogP contribution in [0.2, 0.25) is 0 Å². The Kier molecular flexibility index (Phi) is 9.54. The van der Waals surface area contributed by atoms with Gasteiger partial charge in [-0.15, -0.1) is 0 Å².